The number of carbonyl (C=O) groups excluding carboxylic acids is 1. The number of amides is 1. The first kappa shape index (κ1) is 15.1. The molecule has 0 spiro atoms. The smallest absolute Gasteiger partial charge is 0.220 e. The van der Waals surface area contributed by atoms with Crippen molar-refractivity contribution < 1.29 is 9.21 Å². The first-order chi connectivity index (χ1) is 9.84. The number of hydrogen-bond acceptors (Lipinski definition) is 3. The highest BCUT2D eigenvalue weighted by atomic mass is 16.3. The summed E-state index contributed by atoms with van der Waals surface area (Å²) in [6, 6.07) is 3.76. The van der Waals surface area contributed by atoms with E-state index in [1.54, 1.807) is 6.26 Å². The van der Waals surface area contributed by atoms with E-state index in [2.05, 4.69) is 10.2 Å². The predicted molar refractivity (Wildman–Crippen MR) is 79.6 cm³/mol. The van der Waals surface area contributed by atoms with E-state index in [0.29, 0.717) is 12.8 Å². The molecular weight excluding hydrogens is 252 g/mol. The van der Waals surface area contributed by atoms with Crippen LogP contribution < -0.4 is 5.32 Å². The third-order valence-electron chi connectivity index (χ3n) is 3.85. The summed E-state index contributed by atoms with van der Waals surface area (Å²) in [6.07, 6.45) is 9.30. The molecule has 1 amide bonds. The van der Waals surface area contributed by atoms with E-state index < -0.39 is 0 Å². The Labute approximate surface area is 121 Å². The Morgan fingerprint density at radius 3 is 2.75 bits per heavy atom. The van der Waals surface area contributed by atoms with E-state index >= 15 is 0 Å². The normalized spacial score (nSPS) is 16.8. The zero-order valence-corrected chi connectivity index (χ0v) is 12.3. The summed E-state index contributed by atoms with van der Waals surface area (Å²) in [6.45, 7) is 4.35. The van der Waals surface area contributed by atoms with Gasteiger partial charge < -0.3 is 14.6 Å². The summed E-state index contributed by atoms with van der Waals surface area (Å²) in [5, 5.41) is 2.99. The fraction of sp³-hybridized carbons (Fsp3) is 0.688. The molecule has 1 N–H and O–H groups in total. The zero-order chi connectivity index (χ0) is 14.0. The minimum absolute atomic E-state index is 0.122. The molecule has 20 heavy (non-hydrogen) atoms. The zero-order valence-electron chi connectivity index (χ0n) is 12.3. The SMILES string of the molecule is O=C(CCc1ccco1)NCCCN1CCCCCC1. The van der Waals surface area contributed by atoms with Crippen LogP contribution in [0.3, 0.4) is 0 Å². The molecule has 0 unspecified atom stereocenters. The second-order valence-corrected chi connectivity index (χ2v) is 5.54. The predicted octanol–water partition coefficient (Wildman–Crippen LogP) is 2.59. The lowest BCUT2D eigenvalue weighted by Crippen LogP contribution is -2.30. The van der Waals surface area contributed by atoms with Crippen molar-refractivity contribution >= 4 is 5.91 Å². The second-order valence-electron chi connectivity index (χ2n) is 5.54. The molecule has 4 nitrogen and oxygen atoms in total. The third kappa shape index (κ3) is 5.78. The van der Waals surface area contributed by atoms with Gasteiger partial charge >= 0.3 is 0 Å². The Kier molecular flexibility index (Phi) is 6.64. The summed E-state index contributed by atoms with van der Waals surface area (Å²) in [7, 11) is 0. The Bertz CT molecular complexity index is 368. The molecule has 1 fully saturated rings. The molecule has 112 valence electrons. The number of furan rings is 1. The number of rotatable bonds is 7. The van der Waals surface area contributed by atoms with Crippen LogP contribution >= 0.6 is 0 Å². The van der Waals surface area contributed by atoms with Gasteiger partial charge in [-0.1, -0.05) is 12.8 Å². The number of aryl methyl sites for hydroxylation is 1. The lowest BCUT2D eigenvalue weighted by Gasteiger charge is -2.19. The van der Waals surface area contributed by atoms with Crippen LogP contribution in [0, 0.1) is 0 Å². The van der Waals surface area contributed by atoms with Crippen LogP contribution in [0.25, 0.3) is 0 Å². The molecule has 0 aromatic carbocycles. The molecule has 2 rings (SSSR count). The van der Waals surface area contributed by atoms with Gasteiger partial charge in [0.05, 0.1) is 6.26 Å². The van der Waals surface area contributed by atoms with Gasteiger partial charge in [0.15, 0.2) is 0 Å². The Morgan fingerprint density at radius 1 is 1.25 bits per heavy atom. The molecule has 1 aliphatic rings. The van der Waals surface area contributed by atoms with Gasteiger partial charge in [0.2, 0.25) is 5.91 Å². The topological polar surface area (TPSA) is 45.5 Å². The standard InChI is InChI=1S/C16H26N2O2/c19-16(9-8-15-7-5-14-20-15)17-10-6-13-18-11-3-1-2-4-12-18/h5,7,14H,1-4,6,8-13H2,(H,17,19). The van der Waals surface area contributed by atoms with Gasteiger partial charge in [-0.2, -0.15) is 0 Å². The molecule has 0 aliphatic carbocycles. The van der Waals surface area contributed by atoms with Gasteiger partial charge in [-0.3, -0.25) is 4.79 Å². The minimum Gasteiger partial charge on any atom is -0.469 e. The first-order valence-electron chi connectivity index (χ1n) is 7.86. The van der Waals surface area contributed by atoms with Gasteiger partial charge in [0, 0.05) is 19.4 Å². The summed E-state index contributed by atoms with van der Waals surface area (Å²) >= 11 is 0. The molecule has 2 heterocycles. The van der Waals surface area contributed by atoms with Gasteiger partial charge in [-0.05, 0) is 51.0 Å². The Hall–Kier alpha value is -1.29. The number of likely N-dealkylation sites (tertiary alicyclic amines) is 1. The maximum atomic E-state index is 11.7. The first-order valence-corrected chi connectivity index (χ1v) is 7.86. The molecule has 0 radical (unpaired) electrons. The van der Waals surface area contributed by atoms with E-state index in [4.69, 9.17) is 4.42 Å². The van der Waals surface area contributed by atoms with Crippen LogP contribution in [-0.2, 0) is 11.2 Å². The van der Waals surface area contributed by atoms with E-state index in [9.17, 15) is 4.79 Å². The molecule has 0 saturated carbocycles. The average Bonchev–Trinajstić information content (AvgIpc) is 2.84. The van der Waals surface area contributed by atoms with Crippen LogP contribution in [0.5, 0.6) is 0 Å². The fourth-order valence-corrected chi connectivity index (χ4v) is 2.67. The monoisotopic (exact) mass is 278 g/mol. The van der Waals surface area contributed by atoms with Crippen LogP contribution in [0.1, 0.15) is 44.3 Å². The van der Waals surface area contributed by atoms with Gasteiger partial charge in [0.25, 0.3) is 0 Å². The fourth-order valence-electron chi connectivity index (χ4n) is 2.67. The molecule has 1 saturated heterocycles. The second kappa shape index (κ2) is 8.80. The third-order valence-corrected chi connectivity index (χ3v) is 3.85. The van der Waals surface area contributed by atoms with E-state index in [1.165, 1.54) is 38.8 Å². The Balaban J connectivity index is 1.50. The summed E-state index contributed by atoms with van der Waals surface area (Å²) < 4.78 is 5.21. The van der Waals surface area contributed by atoms with Gasteiger partial charge in [-0.15, -0.1) is 0 Å². The van der Waals surface area contributed by atoms with Crippen molar-refractivity contribution in [2.45, 2.75) is 44.9 Å². The number of nitrogens with one attached hydrogen (secondary N) is 1. The maximum absolute atomic E-state index is 11.7. The van der Waals surface area contributed by atoms with Crippen molar-refractivity contribution in [1.29, 1.82) is 0 Å². The molecule has 0 bridgehead atoms. The van der Waals surface area contributed by atoms with E-state index in [0.717, 1.165) is 25.3 Å². The number of carbonyl (C=O) groups is 1. The average molecular weight is 278 g/mol. The number of nitrogens with zero attached hydrogens (tertiary/aromatic N) is 1. The summed E-state index contributed by atoms with van der Waals surface area (Å²) in [5.41, 5.74) is 0. The molecule has 1 aliphatic heterocycles. The Morgan fingerprint density at radius 2 is 2.05 bits per heavy atom. The lowest BCUT2D eigenvalue weighted by atomic mass is 10.2. The molecule has 1 aromatic heterocycles. The minimum atomic E-state index is 0.122. The van der Waals surface area contributed by atoms with Crippen LogP contribution in [0.15, 0.2) is 22.8 Å². The van der Waals surface area contributed by atoms with Gasteiger partial charge in [-0.25, -0.2) is 0 Å². The van der Waals surface area contributed by atoms with Crippen LogP contribution in [0.2, 0.25) is 0 Å². The highest BCUT2D eigenvalue weighted by molar-refractivity contribution is 5.75. The van der Waals surface area contributed by atoms with Crippen molar-refractivity contribution in [2.75, 3.05) is 26.2 Å². The van der Waals surface area contributed by atoms with Gasteiger partial charge in [0.1, 0.15) is 5.76 Å². The molecule has 0 atom stereocenters. The van der Waals surface area contributed by atoms with E-state index in [1.807, 2.05) is 12.1 Å². The highest BCUT2D eigenvalue weighted by Gasteiger charge is 2.08. The van der Waals surface area contributed by atoms with E-state index in [-0.39, 0.29) is 5.91 Å². The molecule has 4 heteroatoms. The highest BCUT2D eigenvalue weighted by Crippen LogP contribution is 2.09. The molecular formula is C16H26N2O2. The van der Waals surface area contributed by atoms with Crippen molar-refractivity contribution in [3.05, 3.63) is 24.2 Å². The van der Waals surface area contributed by atoms with Crippen LogP contribution in [0.4, 0.5) is 0 Å². The van der Waals surface area contributed by atoms with Crippen LogP contribution in [-0.4, -0.2) is 37.0 Å². The quantitative estimate of drug-likeness (QED) is 0.780. The summed E-state index contributed by atoms with van der Waals surface area (Å²) in [4.78, 5) is 14.2. The van der Waals surface area contributed by atoms with Crippen molar-refractivity contribution in [3.63, 3.8) is 0 Å². The van der Waals surface area contributed by atoms with Crippen molar-refractivity contribution in [3.8, 4) is 0 Å². The maximum Gasteiger partial charge on any atom is 0.220 e. The lowest BCUT2D eigenvalue weighted by molar-refractivity contribution is -0.121. The number of hydrogen-bond donors (Lipinski definition) is 1. The molecule has 1 aromatic rings. The van der Waals surface area contributed by atoms with Crippen molar-refractivity contribution in [1.82, 2.24) is 10.2 Å². The largest absolute Gasteiger partial charge is 0.469 e. The summed E-state index contributed by atoms with van der Waals surface area (Å²) in [5.74, 6) is 1.00. The van der Waals surface area contributed by atoms with Crippen molar-refractivity contribution in [2.24, 2.45) is 0 Å².